The van der Waals surface area contributed by atoms with Gasteiger partial charge in [-0.05, 0) is 43.0 Å². The molecule has 5 rings (SSSR count). The molecular formula is C32H29N2NiO-. The second-order valence-electron chi connectivity index (χ2n) is 8.47. The van der Waals surface area contributed by atoms with Gasteiger partial charge in [0, 0.05) is 33.7 Å². The Morgan fingerprint density at radius 3 is 1.69 bits per heavy atom. The summed E-state index contributed by atoms with van der Waals surface area (Å²) >= 11 is 0. The fraction of sp³-hybridized carbons (Fsp3) is 0.0938. The van der Waals surface area contributed by atoms with Gasteiger partial charge in [0.15, 0.2) is 0 Å². The van der Waals surface area contributed by atoms with Crippen molar-refractivity contribution in [1.82, 2.24) is 0 Å². The first-order chi connectivity index (χ1) is 16.6. The fourth-order valence-corrected chi connectivity index (χ4v) is 4.14. The number of benzene rings is 4. The molecule has 3 nitrogen and oxygen atoms in total. The Kier molecular flexibility index (Phi) is 8.80. The summed E-state index contributed by atoms with van der Waals surface area (Å²) in [4.78, 5) is 10.1. The third-order valence-electron chi connectivity index (χ3n) is 5.96. The van der Waals surface area contributed by atoms with E-state index in [4.69, 9.17) is 14.7 Å². The molecule has 36 heavy (non-hydrogen) atoms. The molecular weight excluding hydrogens is 487 g/mol. The number of hydrogen-bond acceptors (Lipinski definition) is 3. The van der Waals surface area contributed by atoms with E-state index in [0.29, 0.717) is 5.90 Å². The van der Waals surface area contributed by atoms with Crippen LogP contribution >= 0.6 is 0 Å². The summed E-state index contributed by atoms with van der Waals surface area (Å²) in [6.07, 6.45) is 1.99. The van der Waals surface area contributed by atoms with Gasteiger partial charge in [0.1, 0.15) is 11.5 Å². The Morgan fingerprint density at radius 1 is 0.556 bits per heavy atom. The molecule has 0 N–H and O–H groups in total. The number of ether oxygens (including phenoxy) is 1. The van der Waals surface area contributed by atoms with Crippen molar-refractivity contribution in [2.75, 3.05) is 0 Å². The number of aryl methyl sites for hydroxylation is 3. The summed E-state index contributed by atoms with van der Waals surface area (Å²) < 4.78 is 6.34. The monoisotopic (exact) mass is 515 g/mol. The predicted molar refractivity (Wildman–Crippen MR) is 149 cm³/mol. The normalized spacial score (nSPS) is 14.6. The first kappa shape index (κ1) is 26.9. The van der Waals surface area contributed by atoms with E-state index < -0.39 is 0 Å². The summed E-state index contributed by atoms with van der Waals surface area (Å²) in [6, 6.07) is 32.9. The van der Waals surface area contributed by atoms with Crippen LogP contribution in [-0.4, -0.2) is 11.6 Å². The molecule has 0 aliphatic carbocycles. The summed E-state index contributed by atoms with van der Waals surface area (Å²) in [5.41, 5.74) is 9.06. The van der Waals surface area contributed by atoms with Crippen molar-refractivity contribution < 1.29 is 21.2 Å². The average molecular weight is 516 g/mol. The number of aliphatic imine (C=N–C) groups is 2. The maximum Gasteiger partial charge on any atom is 0.246 e. The van der Waals surface area contributed by atoms with E-state index in [1.165, 1.54) is 0 Å². The van der Waals surface area contributed by atoms with Crippen molar-refractivity contribution in [2.45, 2.75) is 20.8 Å². The maximum absolute atomic E-state index is 6.34. The van der Waals surface area contributed by atoms with Gasteiger partial charge in [0.05, 0.1) is 11.4 Å². The first-order valence-electron chi connectivity index (χ1n) is 11.4. The molecule has 4 aromatic rings. The molecule has 0 radical (unpaired) electrons. The average Bonchev–Trinajstić information content (AvgIpc) is 3.26. The number of para-hydroxylation sites is 2. The van der Waals surface area contributed by atoms with E-state index in [1.807, 2.05) is 54.6 Å². The van der Waals surface area contributed by atoms with E-state index in [2.05, 4.69) is 69.3 Å². The number of nitrogens with zero attached hydrogens (tertiary/aromatic N) is 2. The topological polar surface area (TPSA) is 34.0 Å². The van der Waals surface area contributed by atoms with Crippen LogP contribution in [0.4, 0.5) is 11.4 Å². The quantitative estimate of drug-likeness (QED) is 0.198. The van der Waals surface area contributed by atoms with E-state index in [9.17, 15) is 0 Å². The van der Waals surface area contributed by atoms with Crippen molar-refractivity contribution in [3.05, 3.63) is 133 Å². The van der Waals surface area contributed by atoms with Crippen LogP contribution in [0, 0.1) is 28.2 Å². The first-order valence-corrected chi connectivity index (χ1v) is 11.4. The van der Waals surface area contributed by atoms with Crippen LogP contribution in [0.2, 0.25) is 0 Å². The Bertz CT molecular complexity index is 1420. The van der Waals surface area contributed by atoms with Gasteiger partial charge in [0.2, 0.25) is 5.90 Å². The summed E-state index contributed by atoms with van der Waals surface area (Å²) in [6.45, 7) is 6.24. The van der Waals surface area contributed by atoms with Gasteiger partial charge >= 0.3 is 0 Å². The second-order valence-corrected chi connectivity index (χ2v) is 8.47. The van der Waals surface area contributed by atoms with Gasteiger partial charge in [-0.3, -0.25) is 0 Å². The van der Waals surface area contributed by atoms with Gasteiger partial charge in [-0.1, -0.05) is 97.1 Å². The zero-order chi connectivity index (χ0) is 23.5. The molecule has 0 aromatic heterocycles. The minimum absolute atomic E-state index is 0. The van der Waals surface area contributed by atoms with E-state index in [-0.39, 0.29) is 23.9 Å². The minimum Gasteiger partial charge on any atom is -0.436 e. The van der Waals surface area contributed by atoms with E-state index >= 15 is 0 Å². The second kappa shape index (κ2) is 11.8. The molecule has 1 heterocycles. The van der Waals surface area contributed by atoms with Gasteiger partial charge < -0.3 is 12.2 Å². The van der Waals surface area contributed by atoms with E-state index in [0.717, 1.165) is 56.2 Å². The summed E-state index contributed by atoms with van der Waals surface area (Å²) in [5.74, 6) is 1.26. The molecule has 1 aliphatic heterocycles. The third kappa shape index (κ3) is 5.56. The Labute approximate surface area is 224 Å². The Balaban J connectivity index is 0.00000180. The molecule has 4 aromatic carbocycles. The van der Waals surface area contributed by atoms with Crippen LogP contribution in [0.25, 0.3) is 16.9 Å². The van der Waals surface area contributed by atoms with Crippen molar-refractivity contribution in [3.63, 3.8) is 0 Å². The molecule has 0 spiro atoms. The van der Waals surface area contributed by atoms with Crippen LogP contribution in [0.3, 0.4) is 0 Å². The SMILES string of the molecule is Cc1cccc(C)c1N=C1C=C(c2ccccc2)OC1=Nc1c(C)cccc1-c1ccccc1.[CH3-].[Ni]. The molecule has 0 fully saturated rings. The van der Waals surface area contributed by atoms with Crippen LogP contribution in [-0.2, 0) is 21.2 Å². The van der Waals surface area contributed by atoms with Gasteiger partial charge in [0.25, 0.3) is 0 Å². The molecule has 1 aliphatic rings. The predicted octanol–water partition coefficient (Wildman–Crippen LogP) is 8.60. The molecule has 0 amide bonds. The van der Waals surface area contributed by atoms with Crippen molar-refractivity contribution in [1.29, 1.82) is 0 Å². The number of hydrogen-bond donors (Lipinski definition) is 0. The van der Waals surface area contributed by atoms with Crippen LogP contribution in [0.1, 0.15) is 22.3 Å². The minimum atomic E-state index is 0. The molecule has 0 saturated heterocycles. The molecule has 0 unspecified atom stereocenters. The molecule has 0 saturated carbocycles. The van der Waals surface area contributed by atoms with E-state index in [1.54, 1.807) is 0 Å². The van der Waals surface area contributed by atoms with Crippen LogP contribution in [0.15, 0.2) is 113 Å². The Hall–Kier alpha value is -3.75. The summed E-state index contributed by atoms with van der Waals surface area (Å²) in [7, 11) is 0. The third-order valence-corrected chi connectivity index (χ3v) is 5.96. The van der Waals surface area contributed by atoms with Gasteiger partial charge in [-0.25, -0.2) is 9.98 Å². The number of rotatable bonds is 4. The zero-order valence-electron chi connectivity index (χ0n) is 20.9. The maximum atomic E-state index is 6.34. The van der Waals surface area contributed by atoms with Crippen LogP contribution < -0.4 is 0 Å². The van der Waals surface area contributed by atoms with Crippen LogP contribution in [0.5, 0.6) is 0 Å². The molecule has 4 heteroatoms. The largest absolute Gasteiger partial charge is 0.436 e. The summed E-state index contributed by atoms with van der Waals surface area (Å²) in [5, 5.41) is 0. The molecule has 184 valence electrons. The fourth-order valence-electron chi connectivity index (χ4n) is 4.14. The van der Waals surface area contributed by atoms with Gasteiger partial charge in [-0.15, -0.1) is 0 Å². The molecule has 0 bridgehead atoms. The molecule has 0 atom stereocenters. The standard InChI is InChI=1S/C31H26N2O.CH3.Ni/c1-21-12-10-13-22(2)29(21)32-27-20-28(25-17-8-5-9-18-25)34-31(27)33-30-23(3)14-11-19-26(30)24-15-6-4-7-16-24;;/h4-20H,1-3H3;1H3;/q;-1;. The zero-order valence-corrected chi connectivity index (χ0v) is 21.9. The van der Waals surface area contributed by atoms with Gasteiger partial charge in [-0.2, -0.15) is 0 Å². The Morgan fingerprint density at radius 2 is 1.08 bits per heavy atom. The smallest absolute Gasteiger partial charge is 0.246 e. The van der Waals surface area contributed by atoms with Crippen molar-refractivity contribution in [2.24, 2.45) is 9.98 Å². The van der Waals surface area contributed by atoms with Crippen molar-refractivity contribution in [3.8, 4) is 11.1 Å². The van der Waals surface area contributed by atoms with Crippen molar-refractivity contribution >= 4 is 28.7 Å².